The highest BCUT2D eigenvalue weighted by molar-refractivity contribution is 5.76. The Bertz CT molecular complexity index is 941. The first-order valence-corrected chi connectivity index (χ1v) is 11.4. The number of aromatic nitrogens is 4. The lowest BCUT2D eigenvalue weighted by Gasteiger charge is -2.39. The number of tetrazole rings is 1. The number of allylic oxidation sites excluding steroid dienone is 1. The van der Waals surface area contributed by atoms with E-state index >= 15 is 0 Å². The zero-order valence-corrected chi connectivity index (χ0v) is 17.9. The lowest BCUT2D eigenvalue weighted by molar-refractivity contribution is -0.132. The first-order chi connectivity index (χ1) is 15.2. The van der Waals surface area contributed by atoms with E-state index in [2.05, 4.69) is 56.8 Å². The fourth-order valence-electron chi connectivity index (χ4n) is 5.03. The van der Waals surface area contributed by atoms with E-state index in [0.29, 0.717) is 13.0 Å². The predicted octanol–water partition coefficient (Wildman–Crippen LogP) is 1.87. The zero-order chi connectivity index (χ0) is 21.1. The van der Waals surface area contributed by atoms with Crippen LogP contribution < -0.4 is 0 Å². The van der Waals surface area contributed by atoms with Gasteiger partial charge in [0.15, 0.2) is 5.82 Å². The van der Waals surface area contributed by atoms with Gasteiger partial charge in [0.1, 0.15) is 0 Å². The van der Waals surface area contributed by atoms with Gasteiger partial charge in [0.05, 0.1) is 19.8 Å². The van der Waals surface area contributed by atoms with Crippen LogP contribution >= 0.6 is 0 Å². The van der Waals surface area contributed by atoms with E-state index in [0.717, 1.165) is 71.0 Å². The third kappa shape index (κ3) is 4.27. The van der Waals surface area contributed by atoms with Crippen LogP contribution in [0.1, 0.15) is 42.6 Å². The van der Waals surface area contributed by atoms with E-state index in [4.69, 9.17) is 4.74 Å². The lowest BCUT2D eigenvalue weighted by atomic mass is 9.74. The van der Waals surface area contributed by atoms with Gasteiger partial charge in [0.2, 0.25) is 5.91 Å². The number of piperidine rings is 1. The van der Waals surface area contributed by atoms with Crippen LogP contribution in [0.3, 0.4) is 0 Å². The standard InChI is InChI=1S/C23H30N6O2/c30-22(6-3-11-29-21(24-25-26-29)18-27-14-16-31-17-15-27)28-12-9-23(10-13-28)8-7-19-4-1-2-5-20(19)23/h1-2,4-5,7-8H,3,6,9-18H2. The minimum atomic E-state index is 0.119. The summed E-state index contributed by atoms with van der Waals surface area (Å²) in [4.78, 5) is 17.1. The summed E-state index contributed by atoms with van der Waals surface area (Å²) < 4.78 is 7.24. The highest BCUT2D eigenvalue weighted by Crippen LogP contribution is 2.43. The van der Waals surface area contributed by atoms with Crippen LogP contribution in [0.5, 0.6) is 0 Å². The number of amides is 1. The SMILES string of the molecule is O=C(CCCn1nnnc1CN1CCOCC1)N1CCC2(C=Cc3ccccc32)CC1. The zero-order valence-electron chi connectivity index (χ0n) is 17.9. The van der Waals surface area contributed by atoms with Crippen molar-refractivity contribution in [2.24, 2.45) is 0 Å². The van der Waals surface area contributed by atoms with E-state index in [1.165, 1.54) is 11.1 Å². The number of likely N-dealkylation sites (tertiary alicyclic amines) is 1. The smallest absolute Gasteiger partial charge is 0.222 e. The number of carbonyl (C=O) groups excluding carboxylic acids is 1. The van der Waals surface area contributed by atoms with E-state index in [1.807, 2.05) is 9.58 Å². The summed E-state index contributed by atoms with van der Waals surface area (Å²) in [5, 5.41) is 12.1. The quantitative estimate of drug-likeness (QED) is 0.708. The average molecular weight is 423 g/mol. The van der Waals surface area contributed by atoms with Crippen LogP contribution in [0.4, 0.5) is 0 Å². The van der Waals surface area contributed by atoms with Gasteiger partial charge in [0.25, 0.3) is 0 Å². The van der Waals surface area contributed by atoms with Crippen LogP contribution in [0.25, 0.3) is 6.08 Å². The number of morpholine rings is 1. The molecule has 1 aromatic heterocycles. The second kappa shape index (κ2) is 8.88. The van der Waals surface area contributed by atoms with Crippen LogP contribution in [0, 0.1) is 0 Å². The molecule has 5 rings (SSSR count). The van der Waals surface area contributed by atoms with Crippen molar-refractivity contribution < 1.29 is 9.53 Å². The molecule has 0 bridgehead atoms. The van der Waals surface area contributed by atoms with Gasteiger partial charge in [-0.3, -0.25) is 9.69 Å². The maximum Gasteiger partial charge on any atom is 0.222 e. The molecule has 2 aromatic rings. The molecule has 1 aromatic carbocycles. The number of benzene rings is 1. The Kier molecular flexibility index (Phi) is 5.82. The molecule has 3 heterocycles. The van der Waals surface area contributed by atoms with Crippen LogP contribution in [-0.4, -0.2) is 75.3 Å². The van der Waals surface area contributed by atoms with Crippen LogP contribution in [-0.2, 0) is 28.0 Å². The second-order valence-electron chi connectivity index (χ2n) is 8.77. The summed E-state index contributed by atoms with van der Waals surface area (Å²) in [7, 11) is 0. The number of fused-ring (bicyclic) bond motifs is 2. The second-order valence-corrected chi connectivity index (χ2v) is 8.77. The molecule has 0 unspecified atom stereocenters. The molecule has 1 aliphatic carbocycles. The minimum Gasteiger partial charge on any atom is -0.379 e. The molecule has 0 radical (unpaired) electrons. The van der Waals surface area contributed by atoms with Gasteiger partial charge in [-0.1, -0.05) is 36.4 Å². The third-order valence-electron chi connectivity index (χ3n) is 6.92. The van der Waals surface area contributed by atoms with Crippen molar-refractivity contribution in [3.05, 3.63) is 47.3 Å². The summed E-state index contributed by atoms with van der Waals surface area (Å²) in [5.74, 6) is 1.11. The molecule has 3 aliphatic rings. The van der Waals surface area contributed by atoms with Gasteiger partial charge in [0, 0.05) is 44.6 Å². The molecule has 1 spiro atoms. The summed E-state index contributed by atoms with van der Waals surface area (Å²) in [5.41, 5.74) is 2.87. The van der Waals surface area contributed by atoms with Crippen LogP contribution in [0.2, 0.25) is 0 Å². The minimum absolute atomic E-state index is 0.119. The highest BCUT2D eigenvalue weighted by atomic mass is 16.5. The third-order valence-corrected chi connectivity index (χ3v) is 6.92. The molecule has 0 saturated carbocycles. The van der Waals surface area contributed by atoms with E-state index < -0.39 is 0 Å². The fourth-order valence-corrected chi connectivity index (χ4v) is 5.03. The number of hydrogen-bond donors (Lipinski definition) is 0. The van der Waals surface area contributed by atoms with Crippen LogP contribution in [0.15, 0.2) is 30.3 Å². The monoisotopic (exact) mass is 422 g/mol. The molecular formula is C23H30N6O2. The Morgan fingerprint density at radius 1 is 1.10 bits per heavy atom. The molecule has 2 fully saturated rings. The van der Waals surface area contributed by atoms with Gasteiger partial charge in [-0.2, -0.15) is 0 Å². The summed E-state index contributed by atoms with van der Waals surface area (Å²) >= 11 is 0. The Labute approximate surface area is 182 Å². The Morgan fingerprint density at radius 3 is 2.74 bits per heavy atom. The maximum atomic E-state index is 12.8. The summed E-state index contributed by atoms with van der Waals surface area (Å²) in [6.45, 7) is 6.38. The molecule has 0 N–H and O–H groups in total. The van der Waals surface area contributed by atoms with Crippen molar-refractivity contribution in [2.75, 3.05) is 39.4 Å². The first-order valence-electron chi connectivity index (χ1n) is 11.4. The summed E-state index contributed by atoms with van der Waals surface area (Å²) in [6.07, 6.45) is 7.90. The normalized spacial score (nSPS) is 20.3. The Balaban J connectivity index is 1.10. The number of aryl methyl sites for hydroxylation is 1. The molecular weight excluding hydrogens is 392 g/mol. The van der Waals surface area contributed by atoms with Gasteiger partial charge in [-0.25, -0.2) is 4.68 Å². The molecule has 8 nitrogen and oxygen atoms in total. The molecule has 2 aliphatic heterocycles. The van der Waals surface area contributed by atoms with Gasteiger partial charge >= 0.3 is 0 Å². The first kappa shape index (κ1) is 20.3. The maximum absolute atomic E-state index is 12.8. The van der Waals surface area contributed by atoms with Gasteiger partial charge < -0.3 is 9.64 Å². The van der Waals surface area contributed by atoms with Crippen molar-refractivity contribution in [1.29, 1.82) is 0 Å². The van der Waals surface area contributed by atoms with Crippen molar-refractivity contribution in [1.82, 2.24) is 30.0 Å². The van der Waals surface area contributed by atoms with E-state index in [1.54, 1.807) is 0 Å². The van der Waals surface area contributed by atoms with Crippen molar-refractivity contribution in [2.45, 2.75) is 44.2 Å². The highest BCUT2D eigenvalue weighted by Gasteiger charge is 2.38. The van der Waals surface area contributed by atoms with E-state index in [-0.39, 0.29) is 11.3 Å². The van der Waals surface area contributed by atoms with Gasteiger partial charge in [-0.15, -0.1) is 5.10 Å². The number of carbonyl (C=O) groups is 1. The molecule has 2 saturated heterocycles. The Morgan fingerprint density at radius 2 is 1.90 bits per heavy atom. The topological polar surface area (TPSA) is 76.4 Å². The lowest BCUT2D eigenvalue weighted by Crippen LogP contribution is -2.44. The molecule has 31 heavy (non-hydrogen) atoms. The Hall–Kier alpha value is -2.58. The summed E-state index contributed by atoms with van der Waals surface area (Å²) in [6, 6.07) is 8.65. The van der Waals surface area contributed by atoms with Crippen molar-refractivity contribution >= 4 is 12.0 Å². The van der Waals surface area contributed by atoms with Crippen molar-refractivity contribution in [3.63, 3.8) is 0 Å². The van der Waals surface area contributed by atoms with E-state index in [9.17, 15) is 4.79 Å². The fraction of sp³-hybridized carbons (Fsp3) is 0.565. The predicted molar refractivity (Wildman–Crippen MR) is 116 cm³/mol. The van der Waals surface area contributed by atoms with Gasteiger partial charge in [-0.05, 0) is 40.8 Å². The molecule has 8 heteroatoms. The molecule has 1 amide bonds. The number of nitrogens with zero attached hydrogens (tertiary/aromatic N) is 6. The molecule has 0 atom stereocenters. The largest absolute Gasteiger partial charge is 0.379 e. The number of hydrogen-bond acceptors (Lipinski definition) is 6. The van der Waals surface area contributed by atoms with Crippen molar-refractivity contribution in [3.8, 4) is 0 Å². The molecule has 164 valence electrons. The number of ether oxygens (including phenoxy) is 1. The number of rotatable bonds is 6. The average Bonchev–Trinajstić information content (AvgIpc) is 3.40.